The highest BCUT2D eigenvalue weighted by molar-refractivity contribution is 8.08. The quantitative estimate of drug-likeness (QED) is 0.683. The fraction of sp³-hybridized carbons (Fsp3) is 0.333. The normalized spacial score (nSPS) is 20.1. The molecule has 0 aromatic heterocycles. The van der Waals surface area contributed by atoms with E-state index < -0.39 is 0 Å². The summed E-state index contributed by atoms with van der Waals surface area (Å²) in [5, 5.41) is 0. The van der Waals surface area contributed by atoms with Crippen LogP contribution in [0.1, 0.15) is 25.8 Å². The van der Waals surface area contributed by atoms with Crippen molar-refractivity contribution < 1.29 is 0 Å². The summed E-state index contributed by atoms with van der Waals surface area (Å²) < 4.78 is 0. The number of thioether (sulfide) groups is 2. The molecule has 17 heavy (non-hydrogen) atoms. The van der Waals surface area contributed by atoms with Crippen molar-refractivity contribution in [1.82, 2.24) is 0 Å². The van der Waals surface area contributed by atoms with Gasteiger partial charge in [-0.2, -0.15) is 0 Å². The first-order chi connectivity index (χ1) is 8.27. The van der Waals surface area contributed by atoms with Gasteiger partial charge in [0.2, 0.25) is 0 Å². The monoisotopic (exact) mass is 262 g/mol. The van der Waals surface area contributed by atoms with Crippen LogP contribution in [0, 0.1) is 0 Å². The van der Waals surface area contributed by atoms with Crippen LogP contribution in [-0.4, -0.2) is 11.5 Å². The van der Waals surface area contributed by atoms with Crippen molar-refractivity contribution in [3.05, 3.63) is 52.4 Å². The Labute approximate surface area is 113 Å². The summed E-state index contributed by atoms with van der Waals surface area (Å²) in [6.07, 6.45) is 3.65. The molecular formula is C15H18S2. The SMILES string of the molecule is CC(C)=C1/C=C(/c2ccccc2)SCCCS1. The van der Waals surface area contributed by atoms with Crippen LogP contribution in [0.2, 0.25) is 0 Å². The van der Waals surface area contributed by atoms with Gasteiger partial charge in [-0.3, -0.25) is 0 Å². The van der Waals surface area contributed by atoms with Crippen molar-refractivity contribution in [3.63, 3.8) is 0 Å². The summed E-state index contributed by atoms with van der Waals surface area (Å²) in [6.45, 7) is 4.40. The third kappa shape index (κ3) is 3.68. The van der Waals surface area contributed by atoms with Crippen LogP contribution in [0.3, 0.4) is 0 Å². The molecule has 0 nitrogen and oxygen atoms in total. The van der Waals surface area contributed by atoms with Crippen molar-refractivity contribution in [1.29, 1.82) is 0 Å². The second-order valence-electron chi connectivity index (χ2n) is 4.29. The van der Waals surface area contributed by atoms with Crippen LogP contribution in [0.25, 0.3) is 4.91 Å². The summed E-state index contributed by atoms with van der Waals surface area (Å²) in [4.78, 5) is 2.85. The van der Waals surface area contributed by atoms with Crippen LogP contribution in [0.5, 0.6) is 0 Å². The topological polar surface area (TPSA) is 0 Å². The van der Waals surface area contributed by atoms with Crippen LogP contribution in [-0.2, 0) is 0 Å². The molecule has 0 atom stereocenters. The molecule has 90 valence electrons. The predicted molar refractivity (Wildman–Crippen MR) is 82.3 cm³/mol. The summed E-state index contributed by atoms with van der Waals surface area (Å²) >= 11 is 3.98. The van der Waals surface area contributed by atoms with Gasteiger partial charge in [0.15, 0.2) is 0 Å². The van der Waals surface area contributed by atoms with Crippen LogP contribution in [0.4, 0.5) is 0 Å². The maximum atomic E-state index is 2.36. The van der Waals surface area contributed by atoms with Crippen molar-refractivity contribution in [2.75, 3.05) is 11.5 Å². The minimum absolute atomic E-state index is 1.23. The van der Waals surface area contributed by atoms with E-state index in [-0.39, 0.29) is 0 Å². The molecule has 0 bridgehead atoms. The van der Waals surface area contributed by atoms with Gasteiger partial charge in [-0.25, -0.2) is 0 Å². The van der Waals surface area contributed by atoms with Crippen LogP contribution < -0.4 is 0 Å². The highest BCUT2D eigenvalue weighted by Crippen LogP contribution is 2.35. The fourth-order valence-corrected chi connectivity index (χ4v) is 3.95. The Morgan fingerprint density at radius 3 is 2.41 bits per heavy atom. The molecule has 0 unspecified atom stereocenters. The Balaban J connectivity index is 2.35. The first kappa shape index (κ1) is 12.8. The number of rotatable bonds is 1. The summed E-state index contributed by atoms with van der Waals surface area (Å²) in [5.74, 6) is 2.47. The first-order valence-corrected chi connectivity index (χ1v) is 7.94. The summed E-state index contributed by atoms with van der Waals surface area (Å²) in [7, 11) is 0. The van der Waals surface area contributed by atoms with E-state index in [4.69, 9.17) is 0 Å². The molecule has 0 aliphatic carbocycles. The van der Waals surface area contributed by atoms with E-state index >= 15 is 0 Å². The lowest BCUT2D eigenvalue weighted by Gasteiger charge is -2.14. The highest BCUT2D eigenvalue weighted by Gasteiger charge is 2.08. The predicted octanol–water partition coefficient (Wildman–Crippen LogP) is 5.19. The first-order valence-electron chi connectivity index (χ1n) is 5.97. The van der Waals surface area contributed by atoms with E-state index in [9.17, 15) is 0 Å². The van der Waals surface area contributed by atoms with Crippen molar-refractivity contribution >= 4 is 28.4 Å². The molecule has 1 aromatic carbocycles. The van der Waals surface area contributed by atoms with Gasteiger partial charge in [0, 0.05) is 9.81 Å². The summed E-state index contributed by atoms with van der Waals surface area (Å²) in [5.41, 5.74) is 2.77. The minimum atomic E-state index is 1.23. The molecule has 0 saturated heterocycles. The van der Waals surface area contributed by atoms with Gasteiger partial charge < -0.3 is 0 Å². The average Bonchev–Trinajstić information content (AvgIpc) is 2.29. The zero-order chi connectivity index (χ0) is 12.1. The Hall–Kier alpha value is -0.600. The summed E-state index contributed by atoms with van der Waals surface area (Å²) in [6, 6.07) is 10.7. The second kappa shape index (κ2) is 6.36. The van der Waals surface area contributed by atoms with Gasteiger partial charge in [0.25, 0.3) is 0 Å². The average molecular weight is 262 g/mol. The molecule has 0 radical (unpaired) electrons. The minimum Gasteiger partial charge on any atom is -0.126 e. The lowest BCUT2D eigenvalue weighted by Crippen LogP contribution is -1.92. The number of allylic oxidation sites excluding steroid dienone is 2. The maximum absolute atomic E-state index is 2.36. The largest absolute Gasteiger partial charge is 0.126 e. The third-order valence-corrected chi connectivity index (χ3v) is 5.10. The number of hydrogen-bond donors (Lipinski definition) is 0. The number of hydrogen-bond acceptors (Lipinski definition) is 2. The molecule has 2 heteroatoms. The van der Waals surface area contributed by atoms with E-state index in [0.29, 0.717) is 0 Å². The molecule has 1 aromatic rings. The number of benzene rings is 1. The molecule has 0 saturated carbocycles. The van der Waals surface area contributed by atoms with Gasteiger partial charge in [-0.05, 0) is 43.4 Å². The molecule has 2 rings (SSSR count). The Morgan fingerprint density at radius 2 is 1.71 bits per heavy atom. The molecule has 1 heterocycles. The van der Waals surface area contributed by atoms with Gasteiger partial charge in [-0.1, -0.05) is 35.9 Å². The van der Waals surface area contributed by atoms with E-state index in [1.54, 1.807) is 0 Å². The van der Waals surface area contributed by atoms with Crippen LogP contribution in [0.15, 0.2) is 46.9 Å². The van der Waals surface area contributed by atoms with Crippen molar-refractivity contribution in [2.45, 2.75) is 20.3 Å². The second-order valence-corrected chi connectivity index (χ2v) is 6.56. The zero-order valence-electron chi connectivity index (χ0n) is 10.4. The lowest BCUT2D eigenvalue weighted by molar-refractivity contribution is 1.13. The Kier molecular flexibility index (Phi) is 4.81. The van der Waals surface area contributed by atoms with Crippen molar-refractivity contribution in [3.8, 4) is 0 Å². The van der Waals surface area contributed by atoms with Crippen LogP contribution >= 0.6 is 23.5 Å². The zero-order valence-corrected chi connectivity index (χ0v) is 12.0. The van der Waals surface area contributed by atoms with E-state index in [1.807, 2.05) is 23.5 Å². The van der Waals surface area contributed by atoms with E-state index in [2.05, 4.69) is 50.3 Å². The molecule has 0 fully saturated rings. The van der Waals surface area contributed by atoms with E-state index in [0.717, 1.165) is 0 Å². The highest BCUT2D eigenvalue weighted by atomic mass is 32.2. The van der Waals surface area contributed by atoms with Gasteiger partial charge in [0.05, 0.1) is 0 Å². The fourth-order valence-electron chi connectivity index (χ4n) is 1.68. The molecule has 0 amide bonds. The lowest BCUT2D eigenvalue weighted by atomic mass is 10.2. The van der Waals surface area contributed by atoms with Gasteiger partial charge >= 0.3 is 0 Å². The van der Waals surface area contributed by atoms with Gasteiger partial charge in [0.1, 0.15) is 0 Å². The van der Waals surface area contributed by atoms with Gasteiger partial charge in [-0.15, -0.1) is 23.5 Å². The molecule has 1 aliphatic rings. The molecule has 0 spiro atoms. The maximum Gasteiger partial charge on any atom is 0.0156 e. The molecule has 1 aliphatic heterocycles. The standard InChI is InChI=1S/C15H18S2/c1-12(2)14-11-15(17-10-6-9-16-14)13-7-4-3-5-8-13/h3-5,7-8,11H,6,9-10H2,1-2H3/b15-11-. The third-order valence-electron chi connectivity index (χ3n) is 2.62. The molecule has 0 N–H and O–H groups in total. The van der Waals surface area contributed by atoms with E-state index in [1.165, 1.54) is 38.9 Å². The van der Waals surface area contributed by atoms with Crippen molar-refractivity contribution in [2.24, 2.45) is 0 Å². The Bertz CT molecular complexity index is 425. The molecular weight excluding hydrogens is 244 g/mol. The smallest absolute Gasteiger partial charge is 0.0156 e. The Morgan fingerprint density at radius 1 is 1.00 bits per heavy atom.